The van der Waals surface area contributed by atoms with E-state index in [2.05, 4.69) is 23.8 Å². The average molecular weight is 292 g/mol. The van der Waals surface area contributed by atoms with Gasteiger partial charge in [0, 0.05) is 4.75 Å². The van der Waals surface area contributed by atoms with E-state index in [1.807, 2.05) is 17.8 Å². The van der Waals surface area contributed by atoms with Crippen LogP contribution < -0.4 is 0 Å². The largest absolute Gasteiger partial charge is 0.508 e. The SMILES string of the molecule is CCC1(CC)CN=C(c2nc3ccc(O)cc3s2)S1. The number of aromatic nitrogens is 1. The lowest BCUT2D eigenvalue weighted by atomic mass is 10.0. The molecule has 0 aliphatic carbocycles. The molecule has 100 valence electrons. The Morgan fingerprint density at radius 1 is 1.32 bits per heavy atom. The number of rotatable bonds is 3. The molecule has 0 fully saturated rings. The van der Waals surface area contributed by atoms with Crippen LogP contribution in [-0.4, -0.2) is 26.4 Å². The lowest BCUT2D eigenvalue weighted by Gasteiger charge is -2.23. The molecule has 1 aromatic carbocycles. The van der Waals surface area contributed by atoms with Crippen molar-refractivity contribution in [1.29, 1.82) is 0 Å². The fourth-order valence-electron chi connectivity index (χ4n) is 2.22. The van der Waals surface area contributed by atoms with Gasteiger partial charge >= 0.3 is 0 Å². The van der Waals surface area contributed by atoms with E-state index >= 15 is 0 Å². The molecule has 0 unspecified atom stereocenters. The second-order valence-corrected chi connectivity index (χ2v) is 7.27. The molecule has 2 heterocycles. The van der Waals surface area contributed by atoms with Gasteiger partial charge in [-0.3, -0.25) is 4.99 Å². The maximum Gasteiger partial charge on any atom is 0.149 e. The predicted octanol–water partition coefficient (Wildman–Crippen LogP) is 4.05. The Labute approximate surface area is 120 Å². The molecule has 0 spiro atoms. The fraction of sp³-hybridized carbons (Fsp3) is 0.429. The molecule has 0 radical (unpaired) electrons. The first-order valence-corrected chi connectivity index (χ1v) is 8.12. The highest BCUT2D eigenvalue weighted by molar-refractivity contribution is 8.16. The van der Waals surface area contributed by atoms with Crippen molar-refractivity contribution in [2.75, 3.05) is 6.54 Å². The summed E-state index contributed by atoms with van der Waals surface area (Å²) in [6.45, 7) is 5.35. The molecular formula is C14H16N2OS2. The summed E-state index contributed by atoms with van der Waals surface area (Å²) in [6, 6.07) is 5.30. The van der Waals surface area contributed by atoms with Crippen molar-refractivity contribution in [1.82, 2.24) is 4.98 Å². The number of fused-ring (bicyclic) bond motifs is 1. The number of benzene rings is 1. The van der Waals surface area contributed by atoms with Crippen LogP contribution in [0.3, 0.4) is 0 Å². The number of thioether (sulfide) groups is 1. The van der Waals surface area contributed by atoms with E-state index in [0.29, 0.717) is 5.75 Å². The van der Waals surface area contributed by atoms with Gasteiger partial charge in [0.05, 0.1) is 16.8 Å². The smallest absolute Gasteiger partial charge is 0.149 e. The van der Waals surface area contributed by atoms with E-state index in [4.69, 9.17) is 0 Å². The van der Waals surface area contributed by atoms with Gasteiger partial charge in [0.2, 0.25) is 0 Å². The summed E-state index contributed by atoms with van der Waals surface area (Å²) in [6.07, 6.45) is 2.26. The molecule has 19 heavy (non-hydrogen) atoms. The Bertz CT molecular complexity index is 644. The Balaban J connectivity index is 1.94. The first kappa shape index (κ1) is 12.9. The second-order valence-electron chi connectivity index (χ2n) is 4.78. The summed E-state index contributed by atoms with van der Waals surface area (Å²) < 4.78 is 1.28. The Morgan fingerprint density at radius 2 is 2.11 bits per heavy atom. The average Bonchev–Trinajstić information content (AvgIpc) is 3.02. The summed E-state index contributed by atoms with van der Waals surface area (Å²) >= 11 is 3.47. The lowest BCUT2D eigenvalue weighted by molar-refractivity contribution is 0.476. The molecule has 1 aliphatic rings. The molecule has 1 aromatic heterocycles. The van der Waals surface area contributed by atoms with E-state index in [1.165, 1.54) is 0 Å². The highest BCUT2D eigenvalue weighted by Gasteiger charge is 2.35. The molecular weight excluding hydrogens is 276 g/mol. The van der Waals surface area contributed by atoms with Crippen LogP contribution in [-0.2, 0) is 0 Å². The van der Waals surface area contributed by atoms with Crippen LogP contribution in [0.1, 0.15) is 31.7 Å². The minimum atomic E-state index is 0.259. The van der Waals surface area contributed by atoms with E-state index < -0.39 is 0 Å². The van der Waals surface area contributed by atoms with E-state index in [0.717, 1.165) is 39.7 Å². The van der Waals surface area contributed by atoms with Gasteiger partial charge in [0.1, 0.15) is 15.8 Å². The first-order chi connectivity index (χ1) is 9.15. The third-order valence-electron chi connectivity index (χ3n) is 3.67. The monoisotopic (exact) mass is 292 g/mol. The topological polar surface area (TPSA) is 45.5 Å². The summed E-state index contributed by atoms with van der Waals surface area (Å²) in [5.41, 5.74) is 0.937. The third kappa shape index (κ3) is 2.25. The molecule has 0 bridgehead atoms. The maximum atomic E-state index is 9.51. The van der Waals surface area contributed by atoms with Crippen LogP contribution in [0.25, 0.3) is 10.2 Å². The van der Waals surface area contributed by atoms with E-state index in [9.17, 15) is 5.11 Å². The normalized spacial score (nSPS) is 17.9. The van der Waals surface area contributed by atoms with E-state index in [-0.39, 0.29) is 4.75 Å². The number of phenols is 1. The van der Waals surface area contributed by atoms with Crippen LogP contribution in [0.5, 0.6) is 5.75 Å². The van der Waals surface area contributed by atoms with Crippen LogP contribution >= 0.6 is 23.1 Å². The van der Waals surface area contributed by atoms with Crippen molar-refractivity contribution in [2.24, 2.45) is 4.99 Å². The molecule has 2 aromatic rings. The zero-order valence-electron chi connectivity index (χ0n) is 11.0. The number of aromatic hydroxyl groups is 1. The highest BCUT2D eigenvalue weighted by atomic mass is 32.2. The van der Waals surface area contributed by atoms with Crippen molar-refractivity contribution < 1.29 is 5.11 Å². The zero-order chi connectivity index (χ0) is 13.5. The fourth-order valence-corrected chi connectivity index (χ4v) is 4.46. The van der Waals surface area contributed by atoms with Crippen molar-refractivity contribution in [3.63, 3.8) is 0 Å². The third-order valence-corrected chi connectivity index (χ3v) is 6.48. The number of aliphatic imine (C=N–C) groups is 1. The molecule has 1 aliphatic heterocycles. The van der Waals surface area contributed by atoms with Gasteiger partial charge in [0.25, 0.3) is 0 Å². The molecule has 3 nitrogen and oxygen atoms in total. The highest BCUT2D eigenvalue weighted by Crippen LogP contribution is 2.42. The van der Waals surface area contributed by atoms with Gasteiger partial charge in [-0.25, -0.2) is 4.98 Å². The van der Waals surface area contributed by atoms with Crippen molar-refractivity contribution in [3.05, 3.63) is 23.2 Å². The first-order valence-electron chi connectivity index (χ1n) is 6.49. The number of thiazole rings is 1. The van der Waals surface area contributed by atoms with Gasteiger partial charge < -0.3 is 5.11 Å². The summed E-state index contributed by atoms with van der Waals surface area (Å²) in [7, 11) is 0. The maximum absolute atomic E-state index is 9.51. The van der Waals surface area contributed by atoms with Gasteiger partial charge in [-0.2, -0.15) is 0 Å². The minimum Gasteiger partial charge on any atom is -0.508 e. The van der Waals surface area contributed by atoms with Crippen LogP contribution in [0, 0.1) is 0 Å². The standard InChI is InChI=1S/C14H16N2OS2/c1-3-14(4-2)8-15-12(19-14)13-16-10-6-5-9(17)7-11(10)18-13/h5-7,17H,3-4,8H2,1-2H3. The van der Waals surface area contributed by atoms with Gasteiger partial charge in [-0.1, -0.05) is 25.6 Å². The van der Waals surface area contributed by atoms with Crippen LogP contribution in [0.2, 0.25) is 0 Å². The molecule has 0 saturated carbocycles. The quantitative estimate of drug-likeness (QED) is 0.928. The molecule has 0 saturated heterocycles. The molecule has 0 atom stereocenters. The van der Waals surface area contributed by atoms with Crippen molar-refractivity contribution >= 4 is 38.4 Å². The summed E-state index contributed by atoms with van der Waals surface area (Å²) in [5.74, 6) is 0.292. The number of hydrogen-bond acceptors (Lipinski definition) is 5. The molecule has 3 rings (SSSR count). The van der Waals surface area contributed by atoms with Crippen LogP contribution in [0.15, 0.2) is 23.2 Å². The lowest BCUT2D eigenvalue weighted by Crippen LogP contribution is -2.23. The van der Waals surface area contributed by atoms with E-state index in [1.54, 1.807) is 23.5 Å². The van der Waals surface area contributed by atoms with Gasteiger partial charge in [-0.15, -0.1) is 11.3 Å². The summed E-state index contributed by atoms with van der Waals surface area (Å²) in [5, 5.41) is 11.5. The Hall–Kier alpha value is -1.07. The molecule has 0 amide bonds. The number of nitrogens with zero attached hydrogens (tertiary/aromatic N) is 2. The zero-order valence-corrected chi connectivity index (χ0v) is 12.6. The Morgan fingerprint density at radius 3 is 2.79 bits per heavy atom. The minimum absolute atomic E-state index is 0.259. The van der Waals surface area contributed by atoms with Crippen LogP contribution in [0.4, 0.5) is 0 Å². The predicted molar refractivity (Wildman–Crippen MR) is 83.6 cm³/mol. The van der Waals surface area contributed by atoms with Crippen molar-refractivity contribution in [3.8, 4) is 5.75 Å². The second kappa shape index (κ2) is 4.80. The number of hydrogen-bond donors (Lipinski definition) is 1. The van der Waals surface area contributed by atoms with Gasteiger partial charge in [0.15, 0.2) is 0 Å². The van der Waals surface area contributed by atoms with Gasteiger partial charge in [-0.05, 0) is 31.0 Å². The van der Waals surface area contributed by atoms with Crippen molar-refractivity contribution in [2.45, 2.75) is 31.4 Å². The molecule has 5 heteroatoms. The summed E-state index contributed by atoms with van der Waals surface area (Å²) in [4.78, 5) is 9.31. The number of phenolic OH excluding ortho intramolecular Hbond substituents is 1. The molecule has 1 N–H and O–H groups in total. The Kier molecular flexibility index (Phi) is 3.27.